The van der Waals surface area contributed by atoms with Crippen molar-refractivity contribution in [1.29, 1.82) is 0 Å². The summed E-state index contributed by atoms with van der Waals surface area (Å²) >= 11 is 0. The molecule has 2 rings (SSSR count). The van der Waals surface area contributed by atoms with Gasteiger partial charge in [-0.25, -0.2) is 4.98 Å². The summed E-state index contributed by atoms with van der Waals surface area (Å²) in [5.41, 5.74) is 6.93. The van der Waals surface area contributed by atoms with Gasteiger partial charge in [-0.15, -0.1) is 0 Å². The lowest BCUT2D eigenvalue weighted by molar-refractivity contribution is -0.374. The molecule has 12 heteroatoms. The highest BCUT2D eigenvalue weighted by molar-refractivity contribution is 7.81. The van der Waals surface area contributed by atoms with Crippen LogP contribution in [0.1, 0.15) is 21.7 Å². The highest BCUT2D eigenvalue weighted by Gasteiger charge is 2.11. The number of nitrogens with one attached hydrogen (secondary N) is 1. The standard InChI is InChI=1S/C7H6O6S.C6H9N3.2H2O/c8-7(9)5-3-1-2-4-6(5)13-14(10,11)12;1-4-3-5(2)9-6(7)8-4;;/h1-4H,(H,8,9)(H,10,11,12);3H,1-2H3,(H2,7,8,9);2*1H2. The number of nitrogens with two attached hydrogens (primary N) is 1. The molecule has 0 saturated heterocycles. The molecule has 0 aliphatic rings. The number of nitrogens with zero attached hydrogens (tertiary/aromatic N) is 1. The molecule has 0 saturated carbocycles. The normalized spacial score (nSPS) is 9.56. The Kier molecular flexibility index (Phi) is 9.92. The number of H-pyrrole nitrogens is 1. The minimum Gasteiger partial charge on any atom is -0.545 e. The summed E-state index contributed by atoms with van der Waals surface area (Å²) in [6, 6.07) is 6.83. The van der Waals surface area contributed by atoms with Gasteiger partial charge in [-0.2, -0.15) is 8.42 Å². The quantitative estimate of drug-likeness (QED) is 0.551. The summed E-state index contributed by atoms with van der Waals surface area (Å²) < 4.78 is 32.9. The monoisotopic (exact) mass is 377 g/mol. The molecule has 11 nitrogen and oxygen atoms in total. The predicted octanol–water partition coefficient (Wildman–Crippen LogP) is -2.32. The van der Waals surface area contributed by atoms with Gasteiger partial charge < -0.3 is 25.0 Å². The Morgan fingerprint density at radius 1 is 1.28 bits per heavy atom. The highest BCUT2D eigenvalue weighted by Crippen LogP contribution is 2.18. The molecule has 2 aromatic rings. The fraction of sp³-hybridized carbons (Fsp3) is 0.154. The molecule has 25 heavy (non-hydrogen) atoms. The molecule has 0 amide bonds. The van der Waals surface area contributed by atoms with Crippen molar-refractivity contribution in [2.75, 3.05) is 5.73 Å². The number of rotatable bonds is 3. The minimum absolute atomic E-state index is 0. The van der Waals surface area contributed by atoms with Crippen molar-refractivity contribution in [3.63, 3.8) is 0 Å². The maximum absolute atomic E-state index is 10.4. The first-order chi connectivity index (χ1) is 10.6. The number of nitrogen functional groups attached to an aromatic ring is 1. The fourth-order valence-corrected chi connectivity index (χ4v) is 2.00. The van der Waals surface area contributed by atoms with E-state index in [0.717, 1.165) is 23.5 Å². The van der Waals surface area contributed by atoms with E-state index in [9.17, 15) is 18.3 Å². The third-order valence-corrected chi connectivity index (χ3v) is 2.74. The summed E-state index contributed by atoms with van der Waals surface area (Å²) in [7, 11) is -4.72. The summed E-state index contributed by atoms with van der Waals surface area (Å²) in [5, 5.41) is 10.4. The third kappa shape index (κ3) is 9.17. The lowest BCUT2D eigenvalue weighted by atomic mass is 10.2. The van der Waals surface area contributed by atoms with E-state index in [-0.39, 0.29) is 11.0 Å². The summed E-state index contributed by atoms with van der Waals surface area (Å²) in [4.78, 5) is 17.3. The fourth-order valence-electron chi connectivity index (χ4n) is 1.62. The lowest BCUT2D eigenvalue weighted by Gasteiger charge is -2.08. The van der Waals surface area contributed by atoms with Gasteiger partial charge in [0.1, 0.15) is 5.69 Å². The van der Waals surface area contributed by atoms with Crippen LogP contribution in [-0.2, 0) is 10.4 Å². The Morgan fingerprint density at radius 3 is 2.28 bits per heavy atom. The van der Waals surface area contributed by atoms with Crippen LogP contribution in [0.5, 0.6) is 5.75 Å². The molecule has 0 radical (unpaired) electrons. The van der Waals surface area contributed by atoms with Crippen molar-refractivity contribution in [2.45, 2.75) is 13.8 Å². The minimum atomic E-state index is -4.72. The topological polar surface area (TPSA) is 220 Å². The molecular formula is C13H19N3O8S. The number of aryl methyl sites for hydroxylation is 2. The van der Waals surface area contributed by atoms with Crippen molar-refractivity contribution < 1.29 is 43.0 Å². The molecule has 140 valence electrons. The second-order valence-corrected chi connectivity index (χ2v) is 5.41. The van der Waals surface area contributed by atoms with Crippen LogP contribution in [0, 0.1) is 13.8 Å². The number of para-hydroxylation sites is 1. The second kappa shape index (κ2) is 10.1. The zero-order valence-corrected chi connectivity index (χ0v) is 14.1. The van der Waals surface area contributed by atoms with Crippen LogP contribution in [0.3, 0.4) is 0 Å². The Bertz CT molecular complexity index is 760. The maximum atomic E-state index is 10.4. The maximum Gasteiger partial charge on any atom is 0.446 e. The smallest absolute Gasteiger partial charge is 0.446 e. The van der Waals surface area contributed by atoms with Gasteiger partial charge in [0, 0.05) is 11.6 Å². The van der Waals surface area contributed by atoms with Gasteiger partial charge in [0.15, 0.2) is 5.75 Å². The van der Waals surface area contributed by atoms with Gasteiger partial charge in [0.2, 0.25) is 0 Å². The SMILES string of the molecule is Cc1cc(C)[nH+]c(N)n1.O.O.O=C([O-])c1ccccc1OS(=O)(=O)O. The number of benzene rings is 1. The Balaban J connectivity index is 0. The van der Waals surface area contributed by atoms with E-state index >= 15 is 0 Å². The predicted molar refractivity (Wildman–Crippen MR) is 84.9 cm³/mol. The molecule has 1 heterocycles. The van der Waals surface area contributed by atoms with E-state index in [1.54, 1.807) is 0 Å². The van der Waals surface area contributed by atoms with Gasteiger partial charge in [0.05, 0.1) is 11.7 Å². The molecule has 1 aromatic heterocycles. The number of aromatic nitrogens is 2. The molecule has 0 unspecified atom stereocenters. The van der Waals surface area contributed by atoms with Crippen molar-refractivity contribution in [3.05, 3.63) is 47.3 Å². The van der Waals surface area contributed by atoms with E-state index in [2.05, 4.69) is 14.2 Å². The van der Waals surface area contributed by atoms with E-state index in [0.29, 0.717) is 5.95 Å². The first-order valence-electron chi connectivity index (χ1n) is 6.19. The third-order valence-electron chi connectivity index (χ3n) is 2.35. The van der Waals surface area contributed by atoms with Gasteiger partial charge in [-0.1, -0.05) is 17.1 Å². The summed E-state index contributed by atoms with van der Waals surface area (Å²) in [5.74, 6) is -1.60. The van der Waals surface area contributed by atoms with Crippen LogP contribution in [0.2, 0.25) is 0 Å². The lowest BCUT2D eigenvalue weighted by Crippen LogP contribution is -2.23. The summed E-state index contributed by atoms with van der Waals surface area (Å²) in [6.07, 6.45) is 0. The molecule has 1 aromatic carbocycles. The van der Waals surface area contributed by atoms with Gasteiger partial charge in [0.25, 0.3) is 0 Å². The average molecular weight is 377 g/mol. The van der Waals surface area contributed by atoms with Crippen LogP contribution in [0.15, 0.2) is 30.3 Å². The molecule has 0 spiro atoms. The van der Waals surface area contributed by atoms with E-state index in [1.165, 1.54) is 12.1 Å². The van der Waals surface area contributed by atoms with Crippen molar-refractivity contribution in [3.8, 4) is 5.75 Å². The molecule has 0 bridgehead atoms. The number of hydrogen-bond acceptors (Lipinski definition) is 7. The van der Waals surface area contributed by atoms with Crippen LogP contribution in [0.4, 0.5) is 5.95 Å². The van der Waals surface area contributed by atoms with Gasteiger partial charge in [-0.3, -0.25) is 10.3 Å². The number of aromatic amines is 1. The Labute approximate surface area is 143 Å². The first kappa shape index (κ1) is 24.5. The molecule has 8 N–H and O–H groups in total. The number of carbonyl (C=O) groups is 1. The van der Waals surface area contributed by atoms with Crippen LogP contribution >= 0.6 is 0 Å². The van der Waals surface area contributed by atoms with Crippen molar-refractivity contribution in [2.24, 2.45) is 0 Å². The summed E-state index contributed by atoms with van der Waals surface area (Å²) in [6.45, 7) is 3.86. The van der Waals surface area contributed by atoms with Crippen LogP contribution in [0.25, 0.3) is 0 Å². The Hall–Kier alpha value is -2.80. The largest absolute Gasteiger partial charge is 0.545 e. The highest BCUT2D eigenvalue weighted by atomic mass is 32.3. The molecule has 0 aliphatic heterocycles. The van der Waals surface area contributed by atoms with Gasteiger partial charge >= 0.3 is 16.3 Å². The first-order valence-corrected chi connectivity index (χ1v) is 7.55. The second-order valence-electron chi connectivity index (χ2n) is 4.39. The number of hydrogen-bond donors (Lipinski definition) is 2. The van der Waals surface area contributed by atoms with E-state index in [4.69, 9.17) is 10.3 Å². The average Bonchev–Trinajstić information content (AvgIpc) is 2.36. The molecule has 0 fully saturated rings. The van der Waals surface area contributed by atoms with Gasteiger partial charge in [-0.05, 0) is 26.0 Å². The number of carbonyl (C=O) groups excluding carboxylic acids is 1. The van der Waals surface area contributed by atoms with Crippen LogP contribution in [-0.4, -0.2) is 34.9 Å². The zero-order chi connectivity index (χ0) is 17.6. The number of carboxylic acid groups (broad SMARTS) is 1. The number of anilines is 1. The zero-order valence-electron chi connectivity index (χ0n) is 13.3. The number of carboxylic acids is 1. The van der Waals surface area contributed by atoms with Crippen molar-refractivity contribution >= 4 is 22.3 Å². The molecular weight excluding hydrogens is 358 g/mol. The van der Waals surface area contributed by atoms with Crippen LogP contribution < -0.4 is 20.0 Å². The van der Waals surface area contributed by atoms with E-state index < -0.39 is 27.7 Å². The number of aromatic carboxylic acids is 1. The molecule has 0 atom stereocenters. The molecule has 0 aliphatic carbocycles. The Morgan fingerprint density at radius 2 is 1.84 bits per heavy atom. The van der Waals surface area contributed by atoms with E-state index in [1.807, 2.05) is 19.9 Å². The van der Waals surface area contributed by atoms with Crippen molar-refractivity contribution in [1.82, 2.24) is 4.98 Å².